The molecule has 0 radical (unpaired) electrons. The van der Waals surface area contributed by atoms with Crippen molar-refractivity contribution in [1.29, 1.82) is 0 Å². The predicted octanol–water partition coefficient (Wildman–Crippen LogP) is 3.39. The highest BCUT2D eigenvalue weighted by atomic mass is 16.3. The first-order chi connectivity index (χ1) is 11.3. The molecule has 0 spiro atoms. The third-order valence-corrected chi connectivity index (χ3v) is 3.79. The second-order valence-electron chi connectivity index (χ2n) is 5.37. The molecule has 3 N–H and O–H groups in total. The molecular weight excluding hydrogens is 288 g/mol. The maximum absolute atomic E-state index is 5.59. The van der Waals surface area contributed by atoms with Crippen molar-refractivity contribution in [2.45, 2.75) is 6.42 Å². The minimum absolute atomic E-state index is 0.588. The number of aromatic amines is 1. The van der Waals surface area contributed by atoms with Gasteiger partial charge in [0.25, 0.3) is 0 Å². The fraction of sp³-hybridized carbons (Fsp3) is 0.111. The van der Waals surface area contributed by atoms with Gasteiger partial charge in [-0.3, -0.25) is 0 Å². The number of H-pyrrole nitrogens is 1. The third-order valence-electron chi connectivity index (χ3n) is 3.79. The lowest BCUT2D eigenvalue weighted by molar-refractivity contribution is 0.574. The Morgan fingerprint density at radius 1 is 1.04 bits per heavy atom. The SMILES string of the molecule is NCCc1nc2ccc(-c3cccc(-c4ncco4)c3)cc2[nH]1. The van der Waals surface area contributed by atoms with Crippen LogP contribution in [0.15, 0.2) is 59.3 Å². The number of oxazole rings is 1. The average molecular weight is 304 g/mol. The number of benzene rings is 2. The van der Waals surface area contributed by atoms with Gasteiger partial charge in [-0.1, -0.05) is 18.2 Å². The molecule has 0 unspecified atom stereocenters. The standard InChI is InChI=1S/C18H16N4O/c19-7-6-17-21-15-5-4-13(11-16(15)22-17)12-2-1-3-14(10-12)18-20-8-9-23-18/h1-5,8-11H,6-7,19H2,(H,21,22). The highest BCUT2D eigenvalue weighted by Crippen LogP contribution is 2.27. The molecule has 0 atom stereocenters. The topological polar surface area (TPSA) is 80.7 Å². The molecule has 4 aromatic rings. The lowest BCUT2D eigenvalue weighted by atomic mass is 10.0. The normalized spacial score (nSPS) is 11.2. The molecule has 5 heteroatoms. The molecule has 0 saturated carbocycles. The van der Waals surface area contributed by atoms with E-state index in [1.807, 2.05) is 18.2 Å². The Hall–Kier alpha value is -2.92. The first kappa shape index (κ1) is 13.7. The number of nitrogens with one attached hydrogen (secondary N) is 1. The summed E-state index contributed by atoms with van der Waals surface area (Å²) in [5, 5.41) is 0. The molecule has 2 heterocycles. The monoisotopic (exact) mass is 304 g/mol. The Kier molecular flexibility index (Phi) is 3.40. The zero-order chi connectivity index (χ0) is 15.6. The summed E-state index contributed by atoms with van der Waals surface area (Å²) in [5.74, 6) is 1.55. The van der Waals surface area contributed by atoms with E-state index in [1.165, 1.54) is 0 Å². The molecular formula is C18H16N4O. The minimum Gasteiger partial charge on any atom is -0.445 e. The van der Waals surface area contributed by atoms with Crippen LogP contribution >= 0.6 is 0 Å². The van der Waals surface area contributed by atoms with Crippen LogP contribution in [0.4, 0.5) is 0 Å². The zero-order valence-corrected chi connectivity index (χ0v) is 12.5. The van der Waals surface area contributed by atoms with E-state index in [0.29, 0.717) is 12.4 Å². The van der Waals surface area contributed by atoms with Gasteiger partial charge in [0.05, 0.1) is 17.2 Å². The maximum Gasteiger partial charge on any atom is 0.225 e. The fourth-order valence-electron chi connectivity index (χ4n) is 2.69. The molecule has 23 heavy (non-hydrogen) atoms. The zero-order valence-electron chi connectivity index (χ0n) is 12.5. The van der Waals surface area contributed by atoms with Crippen LogP contribution < -0.4 is 5.73 Å². The molecule has 0 bridgehead atoms. The van der Waals surface area contributed by atoms with Crippen LogP contribution in [-0.4, -0.2) is 21.5 Å². The van der Waals surface area contributed by atoms with Crippen molar-refractivity contribution < 1.29 is 4.42 Å². The van der Waals surface area contributed by atoms with E-state index in [0.717, 1.165) is 40.0 Å². The third kappa shape index (κ3) is 2.62. The van der Waals surface area contributed by atoms with Gasteiger partial charge < -0.3 is 15.1 Å². The van der Waals surface area contributed by atoms with Crippen LogP contribution in [0.3, 0.4) is 0 Å². The Balaban J connectivity index is 1.75. The van der Waals surface area contributed by atoms with Crippen molar-refractivity contribution in [1.82, 2.24) is 15.0 Å². The molecule has 0 aliphatic carbocycles. The number of hydrogen-bond acceptors (Lipinski definition) is 4. The van der Waals surface area contributed by atoms with Crippen LogP contribution in [0.25, 0.3) is 33.6 Å². The van der Waals surface area contributed by atoms with E-state index in [-0.39, 0.29) is 0 Å². The molecule has 2 aromatic heterocycles. The second kappa shape index (κ2) is 5.70. The predicted molar refractivity (Wildman–Crippen MR) is 89.8 cm³/mol. The summed E-state index contributed by atoms with van der Waals surface area (Å²) >= 11 is 0. The number of nitrogens with zero attached hydrogens (tertiary/aromatic N) is 2. The van der Waals surface area contributed by atoms with Crippen molar-refractivity contribution in [3.05, 3.63) is 60.7 Å². The fourth-order valence-corrected chi connectivity index (χ4v) is 2.69. The Morgan fingerprint density at radius 2 is 1.91 bits per heavy atom. The first-order valence-electron chi connectivity index (χ1n) is 7.52. The molecule has 114 valence electrons. The summed E-state index contributed by atoms with van der Waals surface area (Å²) in [5.41, 5.74) is 10.8. The van der Waals surface area contributed by atoms with Crippen molar-refractivity contribution in [2.24, 2.45) is 5.73 Å². The molecule has 2 aromatic carbocycles. The van der Waals surface area contributed by atoms with Gasteiger partial charge in [0.15, 0.2) is 0 Å². The van der Waals surface area contributed by atoms with Crippen molar-refractivity contribution in [2.75, 3.05) is 6.54 Å². The number of rotatable bonds is 4. The molecule has 0 saturated heterocycles. The number of hydrogen-bond donors (Lipinski definition) is 2. The summed E-state index contributed by atoms with van der Waals surface area (Å²) in [4.78, 5) is 12.1. The van der Waals surface area contributed by atoms with Crippen LogP contribution in [0.2, 0.25) is 0 Å². The van der Waals surface area contributed by atoms with Gasteiger partial charge in [-0.2, -0.15) is 0 Å². The van der Waals surface area contributed by atoms with Crippen LogP contribution in [0.1, 0.15) is 5.82 Å². The number of aromatic nitrogens is 3. The van der Waals surface area contributed by atoms with E-state index < -0.39 is 0 Å². The van der Waals surface area contributed by atoms with Gasteiger partial charge in [0, 0.05) is 12.0 Å². The Bertz CT molecular complexity index is 941. The van der Waals surface area contributed by atoms with E-state index in [9.17, 15) is 0 Å². The Morgan fingerprint density at radius 3 is 2.74 bits per heavy atom. The molecule has 0 aliphatic rings. The largest absolute Gasteiger partial charge is 0.445 e. The quantitative estimate of drug-likeness (QED) is 0.605. The van der Waals surface area contributed by atoms with Gasteiger partial charge >= 0.3 is 0 Å². The summed E-state index contributed by atoms with van der Waals surface area (Å²) in [6, 6.07) is 14.4. The Labute approximate surface area is 133 Å². The van der Waals surface area contributed by atoms with E-state index in [1.54, 1.807) is 12.5 Å². The van der Waals surface area contributed by atoms with Gasteiger partial charge in [-0.25, -0.2) is 9.97 Å². The lowest BCUT2D eigenvalue weighted by Gasteiger charge is -2.03. The molecule has 5 nitrogen and oxygen atoms in total. The highest BCUT2D eigenvalue weighted by Gasteiger charge is 2.07. The number of fused-ring (bicyclic) bond motifs is 1. The minimum atomic E-state index is 0.588. The number of imidazole rings is 1. The first-order valence-corrected chi connectivity index (χ1v) is 7.52. The van der Waals surface area contributed by atoms with Crippen molar-refractivity contribution >= 4 is 11.0 Å². The van der Waals surface area contributed by atoms with E-state index >= 15 is 0 Å². The summed E-state index contributed by atoms with van der Waals surface area (Å²) in [6.07, 6.45) is 3.99. The van der Waals surface area contributed by atoms with Crippen LogP contribution in [0, 0.1) is 0 Å². The summed E-state index contributed by atoms with van der Waals surface area (Å²) in [6.45, 7) is 0.588. The van der Waals surface area contributed by atoms with Crippen molar-refractivity contribution in [3.8, 4) is 22.6 Å². The molecule has 0 fully saturated rings. The lowest BCUT2D eigenvalue weighted by Crippen LogP contribution is -2.03. The summed E-state index contributed by atoms with van der Waals surface area (Å²) < 4.78 is 5.37. The number of nitrogens with two attached hydrogens (primary N) is 1. The summed E-state index contributed by atoms with van der Waals surface area (Å²) in [7, 11) is 0. The molecule has 0 amide bonds. The van der Waals surface area contributed by atoms with Crippen molar-refractivity contribution in [3.63, 3.8) is 0 Å². The highest BCUT2D eigenvalue weighted by molar-refractivity contribution is 5.82. The van der Waals surface area contributed by atoms with Gasteiger partial charge in [-0.15, -0.1) is 0 Å². The van der Waals surface area contributed by atoms with E-state index in [2.05, 4.69) is 39.2 Å². The average Bonchev–Trinajstić information content (AvgIpc) is 3.24. The second-order valence-corrected chi connectivity index (χ2v) is 5.37. The van der Waals surface area contributed by atoms with Crippen LogP contribution in [0.5, 0.6) is 0 Å². The van der Waals surface area contributed by atoms with Gasteiger partial charge in [0.2, 0.25) is 5.89 Å². The molecule has 4 rings (SSSR count). The van der Waals surface area contributed by atoms with Gasteiger partial charge in [0.1, 0.15) is 12.1 Å². The smallest absolute Gasteiger partial charge is 0.225 e. The molecule has 0 aliphatic heterocycles. The van der Waals surface area contributed by atoms with Gasteiger partial charge in [-0.05, 0) is 41.9 Å². The van der Waals surface area contributed by atoms with E-state index in [4.69, 9.17) is 10.2 Å². The maximum atomic E-state index is 5.59. The van der Waals surface area contributed by atoms with Crippen LogP contribution in [-0.2, 0) is 6.42 Å².